The zero-order valence-electron chi connectivity index (χ0n) is 10.8. The Morgan fingerprint density at radius 1 is 1.32 bits per heavy atom. The lowest BCUT2D eigenvalue weighted by atomic mass is 9.97. The fraction of sp³-hybridized carbons (Fsp3) is 0.462. The number of rotatable bonds is 3. The smallest absolute Gasteiger partial charge is 0.161 e. The second kappa shape index (κ2) is 5.90. The fourth-order valence-electron chi connectivity index (χ4n) is 1.91. The third kappa shape index (κ3) is 3.18. The predicted octanol–water partition coefficient (Wildman–Crippen LogP) is 5.21. The number of aliphatic imine (C=N–C) groups is 1. The molecule has 1 heterocycles. The number of nitrogens with zero attached hydrogens (tertiary/aromatic N) is 1. The van der Waals surface area contributed by atoms with Gasteiger partial charge in [-0.3, -0.25) is 4.99 Å². The van der Waals surface area contributed by atoms with E-state index in [1.165, 1.54) is 12.1 Å². The molecule has 2 rings (SSSR count). The van der Waals surface area contributed by atoms with Gasteiger partial charge in [0.05, 0.1) is 15.6 Å². The van der Waals surface area contributed by atoms with Crippen LogP contribution in [0, 0.1) is 5.82 Å². The monoisotopic (exact) mass is 320 g/mol. The van der Waals surface area contributed by atoms with Crippen LogP contribution in [0.15, 0.2) is 17.1 Å². The van der Waals surface area contributed by atoms with Crippen LogP contribution in [0.4, 0.5) is 10.1 Å². The number of benzene rings is 1. The standard InChI is InChI=1S/C13H15Cl2FN2S/c1-3-13(4-2)7-19-12(18-13)17-8-5-9(14)11(16)10(15)6-8/h5-6H,3-4,7H2,1-2H3,(H,17,18). The van der Waals surface area contributed by atoms with Crippen molar-refractivity contribution in [3.8, 4) is 0 Å². The van der Waals surface area contributed by atoms with E-state index in [9.17, 15) is 4.39 Å². The molecule has 0 atom stereocenters. The Bertz CT molecular complexity index is 492. The SMILES string of the molecule is CCC1(CC)CSC(Nc2cc(Cl)c(F)c(Cl)c2)=N1. The highest BCUT2D eigenvalue weighted by Crippen LogP contribution is 2.35. The van der Waals surface area contributed by atoms with Gasteiger partial charge in [0.1, 0.15) is 0 Å². The second-order valence-electron chi connectivity index (χ2n) is 4.52. The molecule has 1 aromatic carbocycles. The van der Waals surface area contributed by atoms with Crippen molar-refractivity contribution in [3.63, 3.8) is 0 Å². The maximum atomic E-state index is 13.3. The van der Waals surface area contributed by atoms with E-state index in [2.05, 4.69) is 19.2 Å². The van der Waals surface area contributed by atoms with Crippen LogP contribution in [0.3, 0.4) is 0 Å². The molecule has 0 radical (unpaired) electrons. The molecule has 0 bridgehead atoms. The first-order valence-corrected chi connectivity index (χ1v) is 7.88. The van der Waals surface area contributed by atoms with E-state index in [-0.39, 0.29) is 15.6 Å². The Morgan fingerprint density at radius 3 is 2.37 bits per heavy atom. The van der Waals surface area contributed by atoms with Gasteiger partial charge in [-0.2, -0.15) is 0 Å². The average molecular weight is 321 g/mol. The van der Waals surface area contributed by atoms with Gasteiger partial charge in [-0.05, 0) is 25.0 Å². The fourth-order valence-corrected chi connectivity index (χ4v) is 3.72. The van der Waals surface area contributed by atoms with Crippen molar-refractivity contribution in [3.05, 3.63) is 28.0 Å². The first kappa shape index (κ1) is 14.9. The molecular formula is C13H15Cl2FN2S. The highest BCUT2D eigenvalue weighted by atomic mass is 35.5. The third-order valence-corrected chi connectivity index (χ3v) is 5.07. The molecule has 0 amide bonds. The molecule has 0 unspecified atom stereocenters. The van der Waals surface area contributed by atoms with Crippen molar-refractivity contribution < 1.29 is 4.39 Å². The lowest BCUT2D eigenvalue weighted by Crippen LogP contribution is -2.24. The van der Waals surface area contributed by atoms with Crippen molar-refractivity contribution in [2.24, 2.45) is 4.99 Å². The van der Waals surface area contributed by atoms with Crippen molar-refractivity contribution in [2.45, 2.75) is 32.2 Å². The van der Waals surface area contributed by atoms with E-state index in [0.717, 1.165) is 23.8 Å². The minimum Gasteiger partial charge on any atom is -0.335 e. The van der Waals surface area contributed by atoms with Gasteiger partial charge in [-0.15, -0.1) is 0 Å². The molecule has 19 heavy (non-hydrogen) atoms. The lowest BCUT2D eigenvalue weighted by molar-refractivity contribution is 0.456. The molecule has 2 nitrogen and oxygen atoms in total. The summed E-state index contributed by atoms with van der Waals surface area (Å²) in [5, 5.41) is 4.01. The molecule has 0 saturated heterocycles. The van der Waals surface area contributed by atoms with E-state index < -0.39 is 5.82 Å². The van der Waals surface area contributed by atoms with Crippen molar-refractivity contribution >= 4 is 45.8 Å². The second-order valence-corrected chi connectivity index (χ2v) is 6.29. The number of hydrogen-bond donors (Lipinski definition) is 1. The molecule has 1 aliphatic rings. The summed E-state index contributed by atoms with van der Waals surface area (Å²) in [6, 6.07) is 3.04. The third-order valence-electron chi connectivity index (χ3n) is 3.37. The topological polar surface area (TPSA) is 24.4 Å². The highest BCUT2D eigenvalue weighted by Gasteiger charge is 2.32. The summed E-state index contributed by atoms with van der Waals surface area (Å²) in [6.45, 7) is 4.28. The molecular weight excluding hydrogens is 306 g/mol. The first-order chi connectivity index (χ1) is 8.99. The Labute approximate surface area is 126 Å². The maximum absolute atomic E-state index is 13.3. The van der Waals surface area contributed by atoms with Crippen LogP contribution in [0.25, 0.3) is 0 Å². The summed E-state index contributed by atoms with van der Waals surface area (Å²) < 4.78 is 13.3. The van der Waals surface area contributed by atoms with Gasteiger partial charge in [0.15, 0.2) is 11.0 Å². The van der Waals surface area contributed by atoms with Crippen molar-refractivity contribution in [2.75, 3.05) is 11.1 Å². The van der Waals surface area contributed by atoms with Crippen molar-refractivity contribution in [1.29, 1.82) is 0 Å². The largest absolute Gasteiger partial charge is 0.335 e. The summed E-state index contributed by atoms with van der Waals surface area (Å²) in [7, 11) is 0. The molecule has 0 saturated carbocycles. The number of thioether (sulfide) groups is 1. The Balaban J connectivity index is 2.19. The molecule has 1 aromatic rings. The van der Waals surface area contributed by atoms with Gasteiger partial charge in [-0.1, -0.05) is 48.8 Å². The van der Waals surface area contributed by atoms with Crippen LogP contribution in [-0.2, 0) is 0 Å². The number of amidine groups is 1. The summed E-state index contributed by atoms with van der Waals surface area (Å²) in [4.78, 5) is 4.72. The van der Waals surface area contributed by atoms with Crippen LogP contribution < -0.4 is 5.32 Å². The van der Waals surface area contributed by atoms with Gasteiger partial charge in [0.25, 0.3) is 0 Å². The van der Waals surface area contributed by atoms with E-state index in [0.29, 0.717) is 5.69 Å². The van der Waals surface area contributed by atoms with Crippen LogP contribution in [0.5, 0.6) is 0 Å². The Kier molecular flexibility index (Phi) is 4.64. The number of hydrogen-bond acceptors (Lipinski definition) is 3. The van der Waals surface area contributed by atoms with Crippen LogP contribution in [-0.4, -0.2) is 16.5 Å². The zero-order valence-corrected chi connectivity index (χ0v) is 13.1. The highest BCUT2D eigenvalue weighted by molar-refractivity contribution is 8.14. The normalized spacial score (nSPS) is 17.4. The van der Waals surface area contributed by atoms with Crippen LogP contribution in [0.1, 0.15) is 26.7 Å². The molecule has 0 aliphatic carbocycles. The van der Waals surface area contributed by atoms with Gasteiger partial charge in [0, 0.05) is 11.4 Å². The molecule has 1 N–H and O–H groups in total. The summed E-state index contributed by atoms with van der Waals surface area (Å²) >= 11 is 13.2. The summed E-state index contributed by atoms with van der Waals surface area (Å²) in [6.07, 6.45) is 2.01. The minimum absolute atomic E-state index is 0.0100. The maximum Gasteiger partial charge on any atom is 0.161 e. The summed E-state index contributed by atoms with van der Waals surface area (Å²) in [5.41, 5.74) is 0.673. The number of anilines is 1. The van der Waals surface area contributed by atoms with Crippen LogP contribution in [0.2, 0.25) is 10.0 Å². The van der Waals surface area contributed by atoms with Gasteiger partial charge < -0.3 is 5.32 Å². The average Bonchev–Trinajstić information content (AvgIpc) is 2.80. The molecule has 0 fully saturated rings. The van der Waals surface area contributed by atoms with E-state index >= 15 is 0 Å². The van der Waals surface area contributed by atoms with E-state index in [4.69, 9.17) is 28.2 Å². The summed E-state index contributed by atoms with van der Waals surface area (Å²) in [5.74, 6) is 0.372. The van der Waals surface area contributed by atoms with Gasteiger partial charge in [0.2, 0.25) is 0 Å². The lowest BCUT2D eigenvalue weighted by Gasteiger charge is -2.20. The van der Waals surface area contributed by atoms with Crippen molar-refractivity contribution in [1.82, 2.24) is 0 Å². The van der Waals surface area contributed by atoms with Gasteiger partial charge >= 0.3 is 0 Å². The molecule has 104 valence electrons. The molecule has 0 aromatic heterocycles. The Hall–Kier alpha value is -0.450. The molecule has 0 spiro atoms. The number of halogens is 3. The number of nitrogens with one attached hydrogen (secondary N) is 1. The molecule has 6 heteroatoms. The first-order valence-electron chi connectivity index (χ1n) is 6.14. The minimum atomic E-state index is -0.591. The quantitative estimate of drug-likeness (QED) is 0.773. The zero-order chi connectivity index (χ0) is 14.0. The van der Waals surface area contributed by atoms with E-state index in [1.54, 1.807) is 11.8 Å². The predicted molar refractivity (Wildman–Crippen MR) is 83.2 cm³/mol. The Morgan fingerprint density at radius 2 is 1.89 bits per heavy atom. The van der Waals surface area contributed by atoms with Gasteiger partial charge in [-0.25, -0.2) is 4.39 Å². The van der Waals surface area contributed by atoms with Crippen LogP contribution >= 0.6 is 35.0 Å². The van der Waals surface area contributed by atoms with E-state index in [1.807, 2.05) is 0 Å². The molecule has 1 aliphatic heterocycles.